The molecule has 0 spiro atoms. The Morgan fingerprint density at radius 3 is 2.62 bits per heavy atom. The molecule has 0 unspecified atom stereocenters. The third-order valence-corrected chi connectivity index (χ3v) is 4.68. The van der Waals surface area contributed by atoms with Gasteiger partial charge in [-0.3, -0.25) is 4.79 Å². The van der Waals surface area contributed by atoms with Gasteiger partial charge in [0.05, 0.1) is 37.0 Å². The molecule has 1 amide bonds. The van der Waals surface area contributed by atoms with E-state index in [0.29, 0.717) is 5.82 Å². The second-order valence-corrected chi connectivity index (χ2v) is 6.85. The van der Waals surface area contributed by atoms with Crippen molar-refractivity contribution in [1.82, 2.24) is 9.97 Å². The molecule has 1 aromatic heterocycles. The highest BCUT2D eigenvalue weighted by atomic mass is 16.5. The average molecular weight is 389 g/mol. The summed E-state index contributed by atoms with van der Waals surface area (Å²) in [4.78, 5) is 23.3. The number of rotatable bonds is 5. The molecule has 29 heavy (non-hydrogen) atoms. The number of carbonyl (C=O) groups is 1. The smallest absolute Gasteiger partial charge is 0.275 e. The predicted octanol–water partition coefficient (Wildman–Crippen LogP) is 3.62. The Hall–Kier alpha value is -3.45. The van der Waals surface area contributed by atoms with Gasteiger partial charge in [0.25, 0.3) is 5.91 Å². The summed E-state index contributed by atoms with van der Waals surface area (Å²) in [5.74, 6) is 0.293. The van der Waals surface area contributed by atoms with Crippen molar-refractivity contribution < 1.29 is 9.53 Å². The summed E-state index contributed by atoms with van der Waals surface area (Å²) in [6, 6.07) is 15.7. The van der Waals surface area contributed by atoms with Crippen molar-refractivity contribution in [2.24, 2.45) is 0 Å². The Balaban J connectivity index is 1.45. The summed E-state index contributed by atoms with van der Waals surface area (Å²) in [7, 11) is 0. The molecule has 3 aromatic rings. The van der Waals surface area contributed by atoms with E-state index >= 15 is 0 Å². The van der Waals surface area contributed by atoms with Crippen molar-refractivity contribution in [2.45, 2.75) is 6.92 Å². The number of para-hydroxylation sites is 2. The van der Waals surface area contributed by atoms with Crippen LogP contribution in [0.15, 0.2) is 60.9 Å². The van der Waals surface area contributed by atoms with E-state index in [4.69, 9.17) is 4.74 Å². The summed E-state index contributed by atoms with van der Waals surface area (Å²) in [5.41, 5.74) is 4.11. The molecule has 2 heterocycles. The number of amides is 1. The number of nitrogens with one attached hydrogen (secondary N) is 2. The first-order valence-corrected chi connectivity index (χ1v) is 9.58. The number of aromatic nitrogens is 2. The van der Waals surface area contributed by atoms with Gasteiger partial charge in [-0.15, -0.1) is 0 Å². The number of morpholine rings is 1. The number of carbonyl (C=O) groups excluding carboxylic acids is 1. The van der Waals surface area contributed by atoms with Crippen LogP contribution < -0.4 is 15.5 Å². The zero-order valence-electron chi connectivity index (χ0n) is 16.3. The Morgan fingerprint density at radius 1 is 1.03 bits per heavy atom. The molecule has 0 radical (unpaired) electrons. The van der Waals surface area contributed by atoms with E-state index in [1.165, 1.54) is 6.20 Å². The van der Waals surface area contributed by atoms with Crippen LogP contribution in [0.1, 0.15) is 16.1 Å². The molecule has 1 fully saturated rings. The van der Waals surface area contributed by atoms with Gasteiger partial charge in [0.2, 0.25) is 0 Å². The van der Waals surface area contributed by atoms with E-state index in [2.05, 4.69) is 31.6 Å². The summed E-state index contributed by atoms with van der Waals surface area (Å²) in [6.07, 6.45) is 3.05. The van der Waals surface area contributed by atoms with Crippen molar-refractivity contribution in [1.29, 1.82) is 0 Å². The molecule has 7 heteroatoms. The SMILES string of the molecule is Cc1cccc(NC(=O)c2cnc(Nc3ccccc3N3CCOCC3)cn2)c1. The molecule has 7 nitrogen and oxygen atoms in total. The fourth-order valence-electron chi connectivity index (χ4n) is 3.23. The zero-order valence-corrected chi connectivity index (χ0v) is 16.3. The Labute approximate surface area is 169 Å². The quantitative estimate of drug-likeness (QED) is 0.694. The van der Waals surface area contributed by atoms with Crippen LogP contribution in [0.2, 0.25) is 0 Å². The number of benzene rings is 2. The lowest BCUT2D eigenvalue weighted by atomic mass is 10.2. The van der Waals surface area contributed by atoms with Crippen LogP contribution in [0.5, 0.6) is 0 Å². The second-order valence-electron chi connectivity index (χ2n) is 6.85. The van der Waals surface area contributed by atoms with Gasteiger partial charge in [0.15, 0.2) is 0 Å². The van der Waals surface area contributed by atoms with Crippen LogP contribution >= 0.6 is 0 Å². The van der Waals surface area contributed by atoms with Gasteiger partial charge in [0, 0.05) is 18.8 Å². The maximum Gasteiger partial charge on any atom is 0.275 e. The molecule has 148 valence electrons. The Morgan fingerprint density at radius 2 is 1.86 bits per heavy atom. The zero-order chi connectivity index (χ0) is 20.1. The second kappa shape index (κ2) is 8.70. The maximum atomic E-state index is 12.4. The van der Waals surface area contributed by atoms with Gasteiger partial charge in [-0.1, -0.05) is 24.3 Å². The van der Waals surface area contributed by atoms with E-state index in [0.717, 1.165) is 48.9 Å². The molecule has 1 aliphatic heterocycles. The summed E-state index contributed by atoms with van der Waals surface area (Å²) in [5, 5.41) is 6.15. The van der Waals surface area contributed by atoms with E-state index in [9.17, 15) is 4.79 Å². The lowest BCUT2D eigenvalue weighted by molar-refractivity contribution is 0.102. The van der Waals surface area contributed by atoms with Gasteiger partial charge in [-0.05, 0) is 36.8 Å². The van der Waals surface area contributed by atoms with Crippen LogP contribution in [0.3, 0.4) is 0 Å². The maximum absolute atomic E-state index is 12.4. The van der Waals surface area contributed by atoms with Gasteiger partial charge in [0.1, 0.15) is 11.5 Å². The first-order valence-electron chi connectivity index (χ1n) is 9.58. The van der Waals surface area contributed by atoms with Crippen LogP contribution in [0, 0.1) is 6.92 Å². The summed E-state index contributed by atoms with van der Waals surface area (Å²) < 4.78 is 5.44. The molecular weight excluding hydrogens is 366 g/mol. The topological polar surface area (TPSA) is 79.4 Å². The minimum atomic E-state index is -0.289. The summed E-state index contributed by atoms with van der Waals surface area (Å²) in [6.45, 7) is 5.12. The molecule has 0 bridgehead atoms. The molecule has 1 saturated heterocycles. The van der Waals surface area contributed by atoms with Crippen molar-refractivity contribution >= 4 is 28.8 Å². The van der Waals surface area contributed by atoms with E-state index in [-0.39, 0.29) is 11.6 Å². The van der Waals surface area contributed by atoms with Gasteiger partial charge in [-0.25, -0.2) is 9.97 Å². The fraction of sp³-hybridized carbons (Fsp3) is 0.227. The highest BCUT2D eigenvalue weighted by Crippen LogP contribution is 2.28. The molecule has 0 aliphatic carbocycles. The lowest BCUT2D eigenvalue weighted by Gasteiger charge is -2.30. The third-order valence-electron chi connectivity index (χ3n) is 4.68. The van der Waals surface area contributed by atoms with E-state index < -0.39 is 0 Å². The minimum Gasteiger partial charge on any atom is -0.378 e. The largest absolute Gasteiger partial charge is 0.378 e. The van der Waals surface area contributed by atoms with Crippen molar-refractivity contribution in [2.75, 3.05) is 41.8 Å². The molecule has 0 saturated carbocycles. The molecule has 2 N–H and O–H groups in total. The highest BCUT2D eigenvalue weighted by Gasteiger charge is 2.15. The predicted molar refractivity (Wildman–Crippen MR) is 114 cm³/mol. The number of aryl methyl sites for hydroxylation is 1. The highest BCUT2D eigenvalue weighted by molar-refractivity contribution is 6.02. The normalized spacial score (nSPS) is 13.8. The molecule has 2 aromatic carbocycles. The first kappa shape index (κ1) is 18.9. The van der Waals surface area contributed by atoms with E-state index in [1.807, 2.05) is 49.4 Å². The van der Waals surface area contributed by atoms with Crippen molar-refractivity contribution in [3.8, 4) is 0 Å². The minimum absolute atomic E-state index is 0.263. The number of anilines is 4. The number of hydrogen-bond acceptors (Lipinski definition) is 6. The summed E-state index contributed by atoms with van der Waals surface area (Å²) >= 11 is 0. The van der Waals surface area contributed by atoms with Crippen molar-refractivity contribution in [3.63, 3.8) is 0 Å². The number of nitrogens with zero attached hydrogens (tertiary/aromatic N) is 3. The fourth-order valence-corrected chi connectivity index (χ4v) is 3.23. The Kier molecular flexibility index (Phi) is 5.67. The van der Waals surface area contributed by atoms with Gasteiger partial charge in [-0.2, -0.15) is 0 Å². The van der Waals surface area contributed by atoms with Gasteiger partial charge < -0.3 is 20.3 Å². The average Bonchev–Trinajstić information content (AvgIpc) is 2.75. The van der Waals surface area contributed by atoms with Crippen LogP contribution in [-0.4, -0.2) is 42.2 Å². The van der Waals surface area contributed by atoms with Crippen molar-refractivity contribution in [3.05, 3.63) is 72.2 Å². The molecule has 0 atom stereocenters. The number of ether oxygens (including phenoxy) is 1. The van der Waals surface area contributed by atoms with Crippen LogP contribution in [-0.2, 0) is 4.74 Å². The monoisotopic (exact) mass is 389 g/mol. The van der Waals surface area contributed by atoms with Crippen LogP contribution in [0.4, 0.5) is 22.9 Å². The van der Waals surface area contributed by atoms with Gasteiger partial charge >= 0.3 is 0 Å². The first-order chi connectivity index (χ1) is 14.2. The Bertz CT molecular complexity index is 985. The molecule has 4 rings (SSSR count). The molecule has 1 aliphatic rings. The standard InChI is InChI=1S/C22H23N5O2/c1-16-5-4-6-17(13-16)25-22(28)19-14-24-21(15-23-19)26-18-7-2-3-8-20(18)27-9-11-29-12-10-27/h2-8,13-15H,9-12H2,1H3,(H,24,26)(H,25,28). The lowest BCUT2D eigenvalue weighted by Crippen LogP contribution is -2.36. The third kappa shape index (κ3) is 4.70. The number of hydrogen-bond donors (Lipinski definition) is 2. The van der Waals surface area contributed by atoms with E-state index in [1.54, 1.807) is 6.20 Å². The van der Waals surface area contributed by atoms with Crippen LogP contribution in [0.25, 0.3) is 0 Å². The molecular formula is C22H23N5O2.